The molecule has 6 nitrogen and oxygen atoms in total. The van der Waals surface area contributed by atoms with Crippen LogP contribution in [0.4, 0.5) is 0 Å². The zero-order chi connectivity index (χ0) is 13.7. The van der Waals surface area contributed by atoms with Crippen LogP contribution in [0.1, 0.15) is 5.82 Å². The Kier molecular flexibility index (Phi) is 5.00. The number of H-pyrrole nitrogens is 1. The van der Waals surface area contributed by atoms with Gasteiger partial charge in [0.05, 0.1) is 17.3 Å². The second-order valence-corrected chi connectivity index (χ2v) is 5.33. The van der Waals surface area contributed by atoms with Crippen molar-refractivity contribution in [2.75, 3.05) is 5.75 Å². The van der Waals surface area contributed by atoms with Gasteiger partial charge in [-0.25, -0.2) is 0 Å². The van der Waals surface area contributed by atoms with Crippen LogP contribution >= 0.6 is 35.0 Å². The molecule has 0 spiro atoms. The van der Waals surface area contributed by atoms with Crippen molar-refractivity contribution in [2.45, 2.75) is 11.4 Å². The molecule has 0 aliphatic heterocycles. The van der Waals surface area contributed by atoms with Crippen LogP contribution in [-0.4, -0.2) is 32.3 Å². The van der Waals surface area contributed by atoms with E-state index in [1.807, 2.05) is 0 Å². The molecule has 0 fully saturated rings. The predicted molar refractivity (Wildman–Crippen MR) is 73.2 cm³/mol. The molecule has 0 aliphatic carbocycles. The van der Waals surface area contributed by atoms with Crippen molar-refractivity contribution in [3.05, 3.63) is 34.1 Å². The minimum absolute atomic E-state index is 0.147. The van der Waals surface area contributed by atoms with Crippen molar-refractivity contribution < 1.29 is 4.79 Å². The van der Waals surface area contributed by atoms with E-state index in [1.54, 1.807) is 18.2 Å². The molecule has 0 saturated carbocycles. The first-order valence-electron chi connectivity index (χ1n) is 5.22. The smallest absolute Gasteiger partial charge is 0.230 e. The van der Waals surface area contributed by atoms with E-state index in [1.165, 1.54) is 11.8 Å². The van der Waals surface area contributed by atoms with Gasteiger partial charge in [0.25, 0.3) is 0 Å². The topological polar surface area (TPSA) is 83.6 Å². The lowest BCUT2D eigenvalue weighted by Crippen LogP contribution is -2.25. The molecule has 19 heavy (non-hydrogen) atoms. The van der Waals surface area contributed by atoms with Crippen LogP contribution in [0.5, 0.6) is 0 Å². The largest absolute Gasteiger partial charge is 0.348 e. The van der Waals surface area contributed by atoms with Crippen LogP contribution < -0.4 is 5.32 Å². The van der Waals surface area contributed by atoms with E-state index >= 15 is 0 Å². The first-order valence-corrected chi connectivity index (χ1v) is 6.96. The van der Waals surface area contributed by atoms with Gasteiger partial charge in [0.15, 0.2) is 5.82 Å². The molecule has 1 aromatic heterocycles. The number of nitrogens with zero attached hydrogens (tertiary/aromatic N) is 3. The lowest BCUT2D eigenvalue weighted by atomic mass is 10.4. The van der Waals surface area contributed by atoms with Crippen LogP contribution in [0, 0.1) is 0 Å². The second-order valence-electron chi connectivity index (χ2n) is 3.47. The highest BCUT2D eigenvalue weighted by molar-refractivity contribution is 8.00. The van der Waals surface area contributed by atoms with E-state index in [4.69, 9.17) is 23.2 Å². The van der Waals surface area contributed by atoms with Gasteiger partial charge in [0.2, 0.25) is 5.91 Å². The van der Waals surface area contributed by atoms with E-state index in [9.17, 15) is 4.79 Å². The van der Waals surface area contributed by atoms with E-state index in [0.717, 1.165) is 4.90 Å². The predicted octanol–water partition coefficient (Wildman–Crippen LogP) is 1.91. The maximum atomic E-state index is 11.6. The average Bonchev–Trinajstić information content (AvgIpc) is 2.90. The minimum Gasteiger partial charge on any atom is -0.348 e. The van der Waals surface area contributed by atoms with Crippen LogP contribution in [0.15, 0.2) is 23.1 Å². The van der Waals surface area contributed by atoms with Crippen molar-refractivity contribution >= 4 is 40.9 Å². The Bertz CT molecular complexity index is 563. The van der Waals surface area contributed by atoms with E-state index in [0.29, 0.717) is 15.9 Å². The fourth-order valence-electron chi connectivity index (χ4n) is 1.22. The first kappa shape index (κ1) is 14.1. The third-order valence-electron chi connectivity index (χ3n) is 2.08. The summed E-state index contributed by atoms with van der Waals surface area (Å²) in [5.74, 6) is 0.516. The van der Waals surface area contributed by atoms with E-state index in [2.05, 4.69) is 25.9 Å². The number of hydrogen-bond donors (Lipinski definition) is 2. The zero-order valence-corrected chi connectivity index (χ0v) is 11.9. The fourth-order valence-corrected chi connectivity index (χ4v) is 2.54. The molecule has 0 unspecified atom stereocenters. The van der Waals surface area contributed by atoms with Gasteiger partial charge in [0.1, 0.15) is 0 Å². The molecule has 0 bridgehead atoms. The molecule has 1 amide bonds. The fraction of sp³-hybridized carbons (Fsp3) is 0.200. The third-order valence-corrected chi connectivity index (χ3v) is 3.82. The van der Waals surface area contributed by atoms with Gasteiger partial charge in [-0.1, -0.05) is 28.4 Å². The summed E-state index contributed by atoms with van der Waals surface area (Å²) in [6.45, 7) is 0.235. The van der Waals surface area contributed by atoms with Crippen molar-refractivity contribution in [3.63, 3.8) is 0 Å². The van der Waals surface area contributed by atoms with Crippen LogP contribution in [0.2, 0.25) is 10.0 Å². The number of nitrogens with one attached hydrogen (secondary N) is 2. The summed E-state index contributed by atoms with van der Waals surface area (Å²) in [7, 11) is 0. The quantitative estimate of drug-likeness (QED) is 0.823. The molecule has 1 heterocycles. The van der Waals surface area contributed by atoms with Crippen LogP contribution in [-0.2, 0) is 11.3 Å². The summed E-state index contributed by atoms with van der Waals surface area (Å²) in [4.78, 5) is 12.4. The van der Waals surface area contributed by atoms with Gasteiger partial charge in [-0.2, -0.15) is 5.21 Å². The molecule has 2 aromatic rings. The van der Waals surface area contributed by atoms with Gasteiger partial charge < -0.3 is 5.32 Å². The number of tetrazole rings is 1. The number of thioether (sulfide) groups is 1. The number of rotatable bonds is 5. The highest BCUT2D eigenvalue weighted by Crippen LogP contribution is 2.29. The van der Waals surface area contributed by atoms with Crippen molar-refractivity contribution in [2.24, 2.45) is 0 Å². The Morgan fingerprint density at radius 2 is 2.26 bits per heavy atom. The molecule has 0 saturated heterocycles. The van der Waals surface area contributed by atoms with Gasteiger partial charge in [-0.3, -0.25) is 4.79 Å². The SMILES string of the molecule is O=C(CSc1cc(Cl)ccc1Cl)NCc1nn[nH]n1. The molecule has 100 valence electrons. The number of carbonyl (C=O) groups is 1. The lowest BCUT2D eigenvalue weighted by molar-refractivity contribution is -0.118. The Labute approximate surface area is 123 Å². The average molecular weight is 318 g/mol. The van der Waals surface area contributed by atoms with E-state index < -0.39 is 0 Å². The highest BCUT2D eigenvalue weighted by Gasteiger charge is 2.07. The standard InChI is InChI=1S/C10H9Cl2N5OS/c11-6-1-2-7(12)8(3-6)19-5-10(18)13-4-9-14-16-17-15-9/h1-3H,4-5H2,(H,13,18)(H,14,15,16,17). The second kappa shape index (κ2) is 6.74. The molecule has 0 radical (unpaired) electrons. The van der Waals surface area contributed by atoms with Crippen molar-refractivity contribution in [1.82, 2.24) is 25.9 Å². The molecule has 9 heteroatoms. The summed E-state index contributed by atoms with van der Waals surface area (Å²) in [6.07, 6.45) is 0. The molecule has 0 aliphatic rings. The number of carbonyl (C=O) groups excluding carboxylic acids is 1. The molecule has 0 atom stereocenters. The van der Waals surface area contributed by atoms with Crippen LogP contribution in [0.3, 0.4) is 0 Å². The summed E-state index contributed by atoms with van der Waals surface area (Å²) >= 11 is 13.2. The monoisotopic (exact) mass is 317 g/mol. The Balaban J connectivity index is 1.81. The summed E-state index contributed by atoms with van der Waals surface area (Å²) in [6, 6.07) is 5.12. The number of amides is 1. The normalized spacial score (nSPS) is 10.4. The summed E-state index contributed by atoms with van der Waals surface area (Å²) in [5.41, 5.74) is 0. The molecule has 2 rings (SSSR count). The van der Waals surface area contributed by atoms with Gasteiger partial charge in [-0.05, 0) is 18.2 Å². The molecular weight excluding hydrogens is 309 g/mol. The first-order chi connectivity index (χ1) is 9.15. The number of aromatic amines is 1. The maximum absolute atomic E-state index is 11.6. The Morgan fingerprint density at radius 1 is 1.42 bits per heavy atom. The third kappa shape index (κ3) is 4.38. The van der Waals surface area contributed by atoms with Crippen molar-refractivity contribution in [3.8, 4) is 0 Å². The molecule has 2 N–H and O–H groups in total. The Hall–Kier alpha value is -1.31. The van der Waals surface area contributed by atoms with Gasteiger partial charge in [-0.15, -0.1) is 22.0 Å². The summed E-state index contributed by atoms with van der Waals surface area (Å²) in [5, 5.41) is 17.0. The van der Waals surface area contributed by atoms with E-state index in [-0.39, 0.29) is 18.2 Å². The number of hydrogen-bond acceptors (Lipinski definition) is 5. The van der Waals surface area contributed by atoms with Crippen molar-refractivity contribution in [1.29, 1.82) is 0 Å². The number of halogens is 2. The van der Waals surface area contributed by atoms with Gasteiger partial charge >= 0.3 is 0 Å². The number of benzene rings is 1. The highest BCUT2D eigenvalue weighted by atomic mass is 35.5. The maximum Gasteiger partial charge on any atom is 0.230 e. The molecular formula is C10H9Cl2N5OS. The zero-order valence-electron chi connectivity index (χ0n) is 9.56. The molecule has 1 aromatic carbocycles. The van der Waals surface area contributed by atoms with Crippen LogP contribution in [0.25, 0.3) is 0 Å². The number of aromatic nitrogens is 4. The van der Waals surface area contributed by atoms with Gasteiger partial charge in [0, 0.05) is 9.92 Å². The summed E-state index contributed by atoms with van der Waals surface area (Å²) < 4.78 is 0. The lowest BCUT2D eigenvalue weighted by Gasteiger charge is -2.05. The minimum atomic E-state index is -0.147. The Morgan fingerprint density at radius 3 is 3.00 bits per heavy atom.